The third kappa shape index (κ3) is 5.01. The van der Waals surface area contributed by atoms with E-state index < -0.39 is 18.1 Å². The fourth-order valence-electron chi connectivity index (χ4n) is 3.57. The SMILES string of the molecule is CCC[C@H](NC(=O)OCc1ccccc1)C(=O)Oc1cc(O)c2c(=O)c3ccccc3oc2c1. The molecule has 174 valence electrons. The largest absolute Gasteiger partial charge is 0.507 e. The number of para-hydroxylation sites is 1. The molecular formula is C26H23NO7. The summed E-state index contributed by atoms with van der Waals surface area (Å²) < 4.78 is 16.3. The number of fused-ring (bicyclic) bond motifs is 2. The van der Waals surface area contributed by atoms with Gasteiger partial charge >= 0.3 is 12.1 Å². The number of amides is 1. The molecule has 0 unspecified atom stereocenters. The number of hydrogen-bond donors (Lipinski definition) is 2. The number of benzene rings is 3. The van der Waals surface area contributed by atoms with Crippen molar-refractivity contribution in [1.82, 2.24) is 5.32 Å². The fourth-order valence-corrected chi connectivity index (χ4v) is 3.57. The van der Waals surface area contributed by atoms with Crippen molar-refractivity contribution in [2.45, 2.75) is 32.4 Å². The van der Waals surface area contributed by atoms with Gasteiger partial charge in [-0.3, -0.25) is 4.79 Å². The number of ether oxygens (including phenoxy) is 2. The second kappa shape index (κ2) is 10.1. The highest BCUT2D eigenvalue weighted by Gasteiger charge is 2.24. The number of rotatable bonds is 7. The first-order valence-corrected chi connectivity index (χ1v) is 10.8. The van der Waals surface area contributed by atoms with Crippen LogP contribution in [0.25, 0.3) is 21.9 Å². The first-order chi connectivity index (χ1) is 16.5. The highest BCUT2D eigenvalue weighted by molar-refractivity contribution is 5.94. The average molecular weight is 461 g/mol. The molecule has 0 aliphatic carbocycles. The molecular weight excluding hydrogens is 438 g/mol. The third-order valence-corrected chi connectivity index (χ3v) is 5.22. The van der Waals surface area contributed by atoms with E-state index in [1.807, 2.05) is 37.3 Å². The number of nitrogens with one attached hydrogen (secondary N) is 1. The Morgan fingerprint density at radius 1 is 1.03 bits per heavy atom. The van der Waals surface area contributed by atoms with E-state index in [9.17, 15) is 19.5 Å². The smallest absolute Gasteiger partial charge is 0.408 e. The van der Waals surface area contributed by atoms with Crippen LogP contribution >= 0.6 is 0 Å². The van der Waals surface area contributed by atoms with Gasteiger partial charge in [0, 0.05) is 12.1 Å². The van der Waals surface area contributed by atoms with E-state index in [0.717, 1.165) is 5.56 Å². The highest BCUT2D eigenvalue weighted by atomic mass is 16.6. The van der Waals surface area contributed by atoms with Gasteiger partial charge in [-0.1, -0.05) is 55.8 Å². The van der Waals surface area contributed by atoms with Gasteiger partial charge in [0.25, 0.3) is 0 Å². The zero-order chi connectivity index (χ0) is 24.1. The van der Waals surface area contributed by atoms with Crippen molar-refractivity contribution in [1.29, 1.82) is 0 Å². The molecule has 0 spiro atoms. The molecule has 0 saturated heterocycles. The van der Waals surface area contributed by atoms with E-state index in [-0.39, 0.29) is 34.5 Å². The summed E-state index contributed by atoms with van der Waals surface area (Å²) in [5, 5.41) is 13.3. The Morgan fingerprint density at radius 2 is 1.76 bits per heavy atom. The normalized spacial score (nSPS) is 11.8. The molecule has 34 heavy (non-hydrogen) atoms. The van der Waals surface area contributed by atoms with E-state index in [2.05, 4.69) is 5.32 Å². The van der Waals surface area contributed by atoms with E-state index in [0.29, 0.717) is 23.8 Å². The molecule has 8 nitrogen and oxygen atoms in total. The lowest BCUT2D eigenvalue weighted by Crippen LogP contribution is -2.43. The molecule has 3 aromatic carbocycles. The minimum atomic E-state index is -0.963. The van der Waals surface area contributed by atoms with Crippen LogP contribution < -0.4 is 15.5 Å². The van der Waals surface area contributed by atoms with Crippen LogP contribution in [0, 0.1) is 0 Å². The van der Waals surface area contributed by atoms with Crippen LogP contribution in [0.3, 0.4) is 0 Å². The van der Waals surface area contributed by atoms with Crippen LogP contribution in [-0.4, -0.2) is 23.2 Å². The summed E-state index contributed by atoms with van der Waals surface area (Å²) in [5.74, 6) is -1.13. The number of phenols is 1. The van der Waals surface area contributed by atoms with Crippen molar-refractivity contribution in [3.63, 3.8) is 0 Å². The Morgan fingerprint density at radius 3 is 2.53 bits per heavy atom. The van der Waals surface area contributed by atoms with Gasteiger partial charge in [0.2, 0.25) is 5.43 Å². The summed E-state index contributed by atoms with van der Waals surface area (Å²) >= 11 is 0. The lowest BCUT2D eigenvalue weighted by atomic mass is 10.1. The Balaban J connectivity index is 1.51. The molecule has 1 heterocycles. The van der Waals surface area contributed by atoms with Crippen LogP contribution in [0.15, 0.2) is 75.9 Å². The summed E-state index contributed by atoms with van der Waals surface area (Å²) in [6.45, 7) is 1.92. The number of alkyl carbamates (subject to hydrolysis) is 1. The number of phenolic OH excluding ortho intramolecular Hbond substituents is 1. The van der Waals surface area contributed by atoms with Gasteiger partial charge in [-0.15, -0.1) is 0 Å². The summed E-state index contributed by atoms with van der Waals surface area (Å²) in [6, 6.07) is 17.4. The Kier molecular flexibility index (Phi) is 6.77. The summed E-state index contributed by atoms with van der Waals surface area (Å²) in [6.07, 6.45) is 0.166. The maximum Gasteiger partial charge on any atom is 0.408 e. The summed E-state index contributed by atoms with van der Waals surface area (Å²) in [7, 11) is 0. The predicted molar refractivity (Wildman–Crippen MR) is 126 cm³/mol. The van der Waals surface area contributed by atoms with Crippen LogP contribution in [0.2, 0.25) is 0 Å². The third-order valence-electron chi connectivity index (χ3n) is 5.22. The van der Waals surface area contributed by atoms with E-state index >= 15 is 0 Å². The fraction of sp³-hybridized carbons (Fsp3) is 0.192. The van der Waals surface area contributed by atoms with Crippen molar-refractivity contribution in [3.8, 4) is 11.5 Å². The van der Waals surface area contributed by atoms with Crippen molar-refractivity contribution in [2.24, 2.45) is 0 Å². The van der Waals surface area contributed by atoms with Gasteiger partial charge in [0.05, 0.1) is 5.39 Å². The second-order valence-corrected chi connectivity index (χ2v) is 7.71. The van der Waals surface area contributed by atoms with Gasteiger partial charge in [0.1, 0.15) is 40.7 Å². The Labute approximate surface area is 194 Å². The predicted octanol–water partition coefficient (Wildman–Crippen LogP) is 4.65. The minimum Gasteiger partial charge on any atom is -0.507 e. The van der Waals surface area contributed by atoms with Crippen molar-refractivity contribution < 1.29 is 28.6 Å². The maximum absolute atomic E-state index is 12.8. The topological polar surface area (TPSA) is 115 Å². The first kappa shape index (κ1) is 22.8. The van der Waals surface area contributed by atoms with Crippen molar-refractivity contribution in [2.75, 3.05) is 0 Å². The summed E-state index contributed by atoms with van der Waals surface area (Å²) in [5.41, 5.74) is 0.843. The number of carbonyl (C=O) groups excluding carboxylic acids is 2. The zero-order valence-corrected chi connectivity index (χ0v) is 18.4. The molecule has 1 atom stereocenters. The monoisotopic (exact) mass is 461 g/mol. The van der Waals surface area contributed by atoms with E-state index in [1.54, 1.807) is 24.3 Å². The zero-order valence-electron chi connectivity index (χ0n) is 18.4. The molecule has 4 aromatic rings. The van der Waals surface area contributed by atoms with Crippen LogP contribution in [-0.2, 0) is 16.1 Å². The van der Waals surface area contributed by atoms with Crippen molar-refractivity contribution >= 4 is 34.0 Å². The molecule has 0 aliphatic rings. The molecule has 4 rings (SSSR count). The molecule has 8 heteroatoms. The Hall–Kier alpha value is -4.33. The second-order valence-electron chi connectivity index (χ2n) is 7.71. The molecule has 1 aromatic heterocycles. The highest BCUT2D eigenvalue weighted by Crippen LogP contribution is 2.30. The molecule has 0 aliphatic heterocycles. The molecule has 1 amide bonds. The molecule has 2 N–H and O–H groups in total. The maximum atomic E-state index is 12.8. The van der Waals surface area contributed by atoms with E-state index in [4.69, 9.17) is 13.9 Å². The van der Waals surface area contributed by atoms with Gasteiger partial charge in [-0.05, 0) is 24.1 Å². The van der Waals surface area contributed by atoms with Gasteiger partial charge < -0.3 is 24.3 Å². The molecule has 0 radical (unpaired) electrons. The van der Waals surface area contributed by atoms with Crippen LogP contribution in [0.4, 0.5) is 4.79 Å². The number of hydrogen-bond acceptors (Lipinski definition) is 7. The van der Waals surface area contributed by atoms with E-state index in [1.165, 1.54) is 12.1 Å². The molecule has 0 saturated carbocycles. The summed E-state index contributed by atoms with van der Waals surface area (Å²) in [4.78, 5) is 37.7. The minimum absolute atomic E-state index is 0.00813. The lowest BCUT2D eigenvalue weighted by Gasteiger charge is -2.17. The van der Waals surface area contributed by atoms with Gasteiger partial charge in [-0.25, -0.2) is 9.59 Å². The van der Waals surface area contributed by atoms with Crippen LogP contribution in [0.5, 0.6) is 11.5 Å². The van der Waals surface area contributed by atoms with Crippen LogP contribution in [0.1, 0.15) is 25.3 Å². The average Bonchev–Trinajstić information content (AvgIpc) is 2.83. The van der Waals surface area contributed by atoms with Gasteiger partial charge in [-0.2, -0.15) is 0 Å². The number of esters is 1. The molecule has 0 bridgehead atoms. The number of aromatic hydroxyl groups is 1. The number of carbonyl (C=O) groups is 2. The van der Waals surface area contributed by atoms with Crippen molar-refractivity contribution in [3.05, 3.63) is 82.5 Å². The standard InChI is InChI=1S/C26H23NO7/c1-2-8-19(27-26(31)32-15-16-9-4-3-5-10-16)25(30)33-17-13-20(28)23-22(14-17)34-21-12-7-6-11-18(21)24(23)29/h3-7,9-14,19,28H,2,8,15H2,1H3,(H,27,31)/t19-/m0/s1. The quantitative estimate of drug-likeness (QED) is 0.234. The van der Waals surface area contributed by atoms with Gasteiger partial charge in [0.15, 0.2) is 0 Å². The Bertz CT molecular complexity index is 1400. The molecule has 0 fully saturated rings. The first-order valence-electron chi connectivity index (χ1n) is 10.8. The lowest BCUT2D eigenvalue weighted by molar-refractivity contribution is -0.136.